The second-order valence-electron chi connectivity index (χ2n) is 6.59. The van der Waals surface area contributed by atoms with Gasteiger partial charge in [-0.05, 0) is 31.8 Å². The van der Waals surface area contributed by atoms with E-state index in [1.165, 1.54) is 0 Å². The Bertz CT molecular complexity index is 536. The van der Waals surface area contributed by atoms with Crippen molar-refractivity contribution in [3.05, 3.63) is 29.8 Å². The summed E-state index contributed by atoms with van der Waals surface area (Å²) in [6.07, 6.45) is 0.172. The lowest BCUT2D eigenvalue weighted by molar-refractivity contribution is -0.133. The number of carbonyl (C=O) groups excluding carboxylic acids is 1. The van der Waals surface area contributed by atoms with Gasteiger partial charge in [-0.3, -0.25) is 9.69 Å². The summed E-state index contributed by atoms with van der Waals surface area (Å²) >= 11 is 0. The van der Waals surface area contributed by atoms with E-state index in [9.17, 15) is 4.79 Å². The van der Waals surface area contributed by atoms with E-state index in [1.807, 2.05) is 45.4 Å². The van der Waals surface area contributed by atoms with Crippen molar-refractivity contribution >= 4 is 5.91 Å². The van der Waals surface area contributed by atoms with Crippen LogP contribution in [0.1, 0.15) is 5.56 Å². The zero-order valence-corrected chi connectivity index (χ0v) is 15.2. The molecule has 0 bridgehead atoms. The Morgan fingerprint density at radius 2 is 2.17 bits per heavy atom. The summed E-state index contributed by atoms with van der Waals surface area (Å²) in [5, 5.41) is 0. The molecule has 6 heteroatoms. The molecule has 2 rings (SSSR count). The minimum atomic E-state index is 0.128. The van der Waals surface area contributed by atoms with Crippen LogP contribution < -0.4 is 4.74 Å². The molecule has 0 aliphatic carbocycles. The van der Waals surface area contributed by atoms with Gasteiger partial charge in [0.25, 0.3) is 0 Å². The number of likely N-dealkylation sites (N-methyl/N-ethyl adjacent to an activating group) is 2. The van der Waals surface area contributed by atoms with Gasteiger partial charge in [-0.1, -0.05) is 12.1 Å². The number of methoxy groups -OCH3 is 1. The van der Waals surface area contributed by atoms with Gasteiger partial charge in [0.15, 0.2) is 0 Å². The highest BCUT2D eigenvalue weighted by Gasteiger charge is 2.23. The molecule has 1 heterocycles. The Kier molecular flexibility index (Phi) is 7.02. The van der Waals surface area contributed by atoms with Crippen molar-refractivity contribution in [2.45, 2.75) is 12.6 Å². The van der Waals surface area contributed by atoms with Crippen LogP contribution in [0, 0.1) is 0 Å². The maximum absolute atomic E-state index is 12.5. The average Bonchev–Trinajstić information content (AvgIpc) is 2.54. The molecule has 1 aromatic rings. The lowest BCUT2D eigenvalue weighted by Crippen LogP contribution is -2.49. The number of rotatable bonds is 7. The van der Waals surface area contributed by atoms with E-state index in [4.69, 9.17) is 9.47 Å². The summed E-state index contributed by atoms with van der Waals surface area (Å²) < 4.78 is 11.0. The Labute approximate surface area is 144 Å². The summed E-state index contributed by atoms with van der Waals surface area (Å²) in [7, 11) is 7.57. The maximum Gasteiger partial charge on any atom is 0.236 e. The molecule has 0 N–H and O–H groups in total. The quantitative estimate of drug-likeness (QED) is 0.741. The number of benzene rings is 1. The number of nitrogens with zero attached hydrogens (tertiary/aromatic N) is 3. The Balaban J connectivity index is 1.84. The highest BCUT2D eigenvalue weighted by molar-refractivity contribution is 5.78. The molecule has 6 nitrogen and oxygen atoms in total. The molecule has 1 aliphatic rings. The molecule has 134 valence electrons. The molecule has 0 spiro atoms. The SMILES string of the molecule is COc1cccc(CN(C)C(=O)CN2CCOC(CN(C)C)C2)c1. The normalized spacial score (nSPS) is 18.6. The van der Waals surface area contributed by atoms with Crippen molar-refractivity contribution in [2.24, 2.45) is 0 Å². The van der Waals surface area contributed by atoms with E-state index in [0.29, 0.717) is 19.7 Å². The molecule has 1 atom stereocenters. The molecule has 0 aromatic heterocycles. The number of hydrogen-bond donors (Lipinski definition) is 0. The Hall–Kier alpha value is -1.63. The van der Waals surface area contributed by atoms with Gasteiger partial charge in [-0.15, -0.1) is 0 Å². The van der Waals surface area contributed by atoms with Gasteiger partial charge in [-0.2, -0.15) is 0 Å². The highest BCUT2D eigenvalue weighted by Crippen LogP contribution is 2.14. The van der Waals surface area contributed by atoms with Crippen molar-refractivity contribution in [1.29, 1.82) is 0 Å². The van der Waals surface area contributed by atoms with Gasteiger partial charge in [0, 0.05) is 33.2 Å². The Morgan fingerprint density at radius 1 is 1.38 bits per heavy atom. The second-order valence-corrected chi connectivity index (χ2v) is 6.59. The minimum Gasteiger partial charge on any atom is -0.497 e. The predicted molar refractivity (Wildman–Crippen MR) is 94.2 cm³/mol. The van der Waals surface area contributed by atoms with Crippen LogP contribution in [0.3, 0.4) is 0 Å². The number of morpholine rings is 1. The van der Waals surface area contributed by atoms with Crippen molar-refractivity contribution in [3.63, 3.8) is 0 Å². The summed E-state index contributed by atoms with van der Waals surface area (Å²) in [6.45, 7) is 4.20. The zero-order valence-electron chi connectivity index (χ0n) is 15.2. The fraction of sp³-hybridized carbons (Fsp3) is 0.611. The summed E-state index contributed by atoms with van der Waals surface area (Å²) in [4.78, 5) is 18.6. The number of hydrogen-bond acceptors (Lipinski definition) is 5. The predicted octanol–water partition coefficient (Wildman–Crippen LogP) is 0.916. The minimum absolute atomic E-state index is 0.128. The second kappa shape index (κ2) is 9.01. The summed E-state index contributed by atoms with van der Waals surface area (Å²) in [6, 6.07) is 7.82. The first-order valence-corrected chi connectivity index (χ1v) is 8.33. The summed E-state index contributed by atoms with van der Waals surface area (Å²) in [5.74, 6) is 0.941. The largest absolute Gasteiger partial charge is 0.497 e. The van der Waals surface area contributed by atoms with E-state index in [-0.39, 0.29) is 12.0 Å². The molecule has 1 saturated heterocycles. The van der Waals surface area contributed by atoms with Crippen LogP contribution in [-0.4, -0.2) is 87.7 Å². The van der Waals surface area contributed by atoms with Gasteiger partial charge in [-0.25, -0.2) is 0 Å². The average molecular weight is 335 g/mol. The first-order chi connectivity index (χ1) is 11.5. The van der Waals surface area contributed by atoms with Gasteiger partial charge in [0.05, 0.1) is 26.4 Å². The van der Waals surface area contributed by atoms with Crippen LogP contribution in [0.4, 0.5) is 0 Å². The molecule has 0 radical (unpaired) electrons. The monoisotopic (exact) mass is 335 g/mol. The van der Waals surface area contributed by atoms with Crippen LogP contribution in [0.15, 0.2) is 24.3 Å². The fourth-order valence-corrected chi connectivity index (χ4v) is 2.89. The standard InChI is InChI=1S/C18H29N3O3/c1-19(2)12-17-13-21(8-9-24-17)14-18(22)20(3)11-15-6-5-7-16(10-15)23-4/h5-7,10,17H,8-9,11-14H2,1-4H3. The third kappa shape index (κ3) is 5.78. The van der Waals surface area contributed by atoms with E-state index >= 15 is 0 Å². The van der Waals surface area contributed by atoms with Crippen LogP contribution in [-0.2, 0) is 16.1 Å². The first-order valence-electron chi connectivity index (χ1n) is 8.33. The molecular formula is C18H29N3O3. The zero-order chi connectivity index (χ0) is 17.5. The lowest BCUT2D eigenvalue weighted by Gasteiger charge is -2.34. The van der Waals surface area contributed by atoms with Crippen molar-refractivity contribution in [3.8, 4) is 5.75 Å². The smallest absolute Gasteiger partial charge is 0.236 e. The topological polar surface area (TPSA) is 45.3 Å². The molecule has 1 aromatic carbocycles. The van der Waals surface area contributed by atoms with E-state index in [2.05, 4.69) is 9.80 Å². The first kappa shape index (κ1) is 18.7. The van der Waals surface area contributed by atoms with Gasteiger partial charge >= 0.3 is 0 Å². The fourth-order valence-electron chi connectivity index (χ4n) is 2.89. The maximum atomic E-state index is 12.5. The lowest BCUT2D eigenvalue weighted by atomic mass is 10.2. The highest BCUT2D eigenvalue weighted by atomic mass is 16.5. The molecular weight excluding hydrogens is 306 g/mol. The number of ether oxygens (including phenoxy) is 2. The number of amides is 1. The number of carbonyl (C=O) groups is 1. The van der Waals surface area contributed by atoms with Crippen LogP contribution in [0.25, 0.3) is 0 Å². The van der Waals surface area contributed by atoms with E-state index in [0.717, 1.165) is 30.9 Å². The third-order valence-corrected chi connectivity index (χ3v) is 4.13. The van der Waals surface area contributed by atoms with E-state index < -0.39 is 0 Å². The Morgan fingerprint density at radius 3 is 2.88 bits per heavy atom. The van der Waals surface area contributed by atoms with Crippen molar-refractivity contribution in [2.75, 3.05) is 61.0 Å². The van der Waals surface area contributed by atoms with Crippen LogP contribution in [0.5, 0.6) is 5.75 Å². The van der Waals surface area contributed by atoms with Crippen molar-refractivity contribution in [1.82, 2.24) is 14.7 Å². The molecule has 1 fully saturated rings. The molecule has 1 aliphatic heterocycles. The molecule has 1 amide bonds. The van der Waals surface area contributed by atoms with Gasteiger partial charge < -0.3 is 19.3 Å². The summed E-state index contributed by atoms with van der Waals surface area (Å²) in [5.41, 5.74) is 1.07. The van der Waals surface area contributed by atoms with E-state index in [1.54, 1.807) is 12.0 Å². The molecule has 1 unspecified atom stereocenters. The molecule has 0 saturated carbocycles. The van der Waals surface area contributed by atoms with Gasteiger partial charge in [0.2, 0.25) is 5.91 Å². The van der Waals surface area contributed by atoms with Crippen molar-refractivity contribution < 1.29 is 14.3 Å². The van der Waals surface area contributed by atoms with Crippen LogP contribution in [0.2, 0.25) is 0 Å². The third-order valence-electron chi connectivity index (χ3n) is 4.13. The van der Waals surface area contributed by atoms with Gasteiger partial charge in [0.1, 0.15) is 5.75 Å². The molecule has 24 heavy (non-hydrogen) atoms. The van der Waals surface area contributed by atoms with Crippen LogP contribution >= 0.6 is 0 Å².